The number of aryl methyl sites for hydroxylation is 3. The van der Waals surface area contributed by atoms with Crippen LogP contribution in [-0.2, 0) is 18.0 Å². The third kappa shape index (κ3) is 4.61. The van der Waals surface area contributed by atoms with Crippen LogP contribution in [0.5, 0.6) is 0 Å². The zero-order chi connectivity index (χ0) is 21.3. The number of aromatic nitrogens is 5. The van der Waals surface area contributed by atoms with Crippen molar-refractivity contribution in [1.29, 1.82) is 0 Å². The summed E-state index contributed by atoms with van der Waals surface area (Å²) in [5, 5.41) is 13.9. The summed E-state index contributed by atoms with van der Waals surface area (Å²) in [5.41, 5.74) is 3.60. The third-order valence-electron chi connectivity index (χ3n) is 4.11. The first-order valence-corrected chi connectivity index (χ1v) is 9.58. The van der Waals surface area contributed by atoms with Gasteiger partial charge in [0, 0.05) is 13.1 Å². The molecule has 1 amide bonds. The third-order valence-corrected chi connectivity index (χ3v) is 5.13. The molecule has 2 heterocycles. The highest BCUT2D eigenvalue weighted by Gasteiger charge is 2.37. The van der Waals surface area contributed by atoms with Gasteiger partial charge in [-0.15, -0.1) is 10.2 Å². The van der Waals surface area contributed by atoms with E-state index in [1.165, 1.54) is 7.05 Å². The first-order chi connectivity index (χ1) is 13.6. The van der Waals surface area contributed by atoms with Crippen molar-refractivity contribution in [2.24, 2.45) is 7.05 Å². The van der Waals surface area contributed by atoms with Crippen LogP contribution in [0.2, 0.25) is 0 Å². The Morgan fingerprint density at radius 2 is 1.90 bits per heavy atom. The molecule has 3 rings (SSSR count). The monoisotopic (exact) mass is 424 g/mol. The normalized spacial score (nSPS) is 11.7. The number of thioether (sulfide) groups is 1. The maximum atomic E-state index is 12.8. The highest BCUT2D eigenvalue weighted by molar-refractivity contribution is 7.99. The standard InChI is InChI=1S/C18H19F3N6OS/c1-10-5-6-11(2)13(7-10)27-14(8-12(3)25-27)22-15(28)9-29-17-24-23-16(26(17)4)18(19,20)21/h5-8H,9H2,1-4H3,(H,22,28). The Balaban J connectivity index is 1.74. The highest BCUT2D eigenvalue weighted by atomic mass is 32.2. The van der Waals surface area contributed by atoms with E-state index in [1.807, 2.05) is 39.0 Å². The summed E-state index contributed by atoms with van der Waals surface area (Å²) in [6.07, 6.45) is -4.60. The lowest BCUT2D eigenvalue weighted by molar-refractivity contribution is -0.147. The van der Waals surface area contributed by atoms with Gasteiger partial charge in [-0.05, 0) is 38.0 Å². The van der Waals surface area contributed by atoms with Gasteiger partial charge < -0.3 is 9.88 Å². The fourth-order valence-corrected chi connectivity index (χ4v) is 3.43. The number of nitrogens with one attached hydrogen (secondary N) is 1. The van der Waals surface area contributed by atoms with Crippen LogP contribution >= 0.6 is 11.8 Å². The summed E-state index contributed by atoms with van der Waals surface area (Å²) in [5.74, 6) is -1.14. The summed E-state index contributed by atoms with van der Waals surface area (Å²) >= 11 is 0.873. The molecule has 0 bridgehead atoms. The lowest BCUT2D eigenvalue weighted by atomic mass is 10.1. The molecule has 0 spiro atoms. The minimum atomic E-state index is -4.60. The molecule has 0 saturated carbocycles. The Labute approximate surface area is 169 Å². The van der Waals surface area contributed by atoms with Gasteiger partial charge in [0.1, 0.15) is 5.82 Å². The van der Waals surface area contributed by atoms with Crippen LogP contribution in [0.15, 0.2) is 29.4 Å². The van der Waals surface area contributed by atoms with Crippen molar-refractivity contribution in [3.63, 3.8) is 0 Å². The molecule has 2 aromatic heterocycles. The van der Waals surface area contributed by atoms with Crippen LogP contribution < -0.4 is 5.32 Å². The van der Waals surface area contributed by atoms with Crippen LogP contribution in [0, 0.1) is 20.8 Å². The minimum absolute atomic E-state index is 0.00620. The van der Waals surface area contributed by atoms with Gasteiger partial charge in [-0.3, -0.25) is 4.79 Å². The minimum Gasteiger partial charge on any atom is -0.310 e. The number of benzene rings is 1. The molecule has 7 nitrogen and oxygen atoms in total. The van der Waals surface area contributed by atoms with Crippen LogP contribution in [0.1, 0.15) is 22.6 Å². The predicted molar refractivity (Wildman–Crippen MR) is 103 cm³/mol. The average Bonchev–Trinajstić information content (AvgIpc) is 3.17. The van der Waals surface area contributed by atoms with Gasteiger partial charge in [0.15, 0.2) is 5.16 Å². The summed E-state index contributed by atoms with van der Waals surface area (Å²) in [4.78, 5) is 12.4. The second kappa shape index (κ2) is 7.90. The Kier molecular flexibility index (Phi) is 5.69. The van der Waals surface area contributed by atoms with Crippen molar-refractivity contribution in [3.8, 4) is 5.69 Å². The molecule has 0 atom stereocenters. The van der Waals surface area contributed by atoms with Crippen molar-refractivity contribution < 1.29 is 18.0 Å². The highest BCUT2D eigenvalue weighted by Crippen LogP contribution is 2.29. The van der Waals surface area contributed by atoms with Crippen molar-refractivity contribution in [1.82, 2.24) is 24.5 Å². The Morgan fingerprint density at radius 1 is 1.17 bits per heavy atom. The van der Waals surface area contributed by atoms with E-state index < -0.39 is 17.9 Å². The zero-order valence-electron chi connectivity index (χ0n) is 16.2. The molecule has 1 aromatic carbocycles. The van der Waals surface area contributed by atoms with E-state index >= 15 is 0 Å². The lowest BCUT2D eigenvalue weighted by Crippen LogP contribution is -2.18. The Hall–Kier alpha value is -2.82. The molecular weight excluding hydrogens is 405 g/mol. The number of anilines is 1. The summed E-state index contributed by atoms with van der Waals surface area (Å²) in [7, 11) is 1.21. The van der Waals surface area contributed by atoms with Crippen molar-refractivity contribution in [2.75, 3.05) is 11.1 Å². The Bertz CT molecular complexity index is 1060. The second-order valence-electron chi connectivity index (χ2n) is 6.57. The van der Waals surface area contributed by atoms with Gasteiger partial charge in [0.05, 0.1) is 17.1 Å². The van der Waals surface area contributed by atoms with Crippen molar-refractivity contribution in [2.45, 2.75) is 32.1 Å². The molecule has 0 fully saturated rings. The predicted octanol–water partition coefficient (Wildman–Crippen LogP) is 3.68. The van der Waals surface area contributed by atoms with Crippen LogP contribution in [0.25, 0.3) is 5.69 Å². The van der Waals surface area contributed by atoms with Gasteiger partial charge in [-0.2, -0.15) is 18.3 Å². The molecule has 29 heavy (non-hydrogen) atoms. The molecule has 0 radical (unpaired) electrons. The number of amides is 1. The molecule has 0 unspecified atom stereocenters. The van der Waals surface area contributed by atoms with Crippen molar-refractivity contribution >= 4 is 23.5 Å². The average molecular weight is 424 g/mol. The number of rotatable bonds is 5. The maximum absolute atomic E-state index is 12.8. The second-order valence-corrected chi connectivity index (χ2v) is 7.52. The largest absolute Gasteiger partial charge is 0.451 e. The van der Waals surface area contributed by atoms with E-state index in [9.17, 15) is 18.0 Å². The number of carbonyl (C=O) groups is 1. The summed E-state index contributed by atoms with van der Waals surface area (Å²) < 4.78 is 40.9. The van der Waals surface area contributed by atoms with Gasteiger partial charge >= 0.3 is 6.18 Å². The first-order valence-electron chi connectivity index (χ1n) is 8.60. The first kappa shape index (κ1) is 20.9. The molecule has 0 aliphatic rings. The van der Waals surface area contributed by atoms with Gasteiger partial charge in [0.2, 0.25) is 11.7 Å². The Morgan fingerprint density at radius 3 is 2.55 bits per heavy atom. The zero-order valence-corrected chi connectivity index (χ0v) is 17.0. The molecule has 0 aliphatic carbocycles. The van der Waals surface area contributed by atoms with E-state index in [0.717, 1.165) is 38.8 Å². The molecule has 3 aromatic rings. The number of nitrogens with zero attached hydrogens (tertiary/aromatic N) is 5. The number of hydrogen-bond acceptors (Lipinski definition) is 5. The van der Waals surface area contributed by atoms with E-state index in [2.05, 4.69) is 20.6 Å². The molecule has 1 N–H and O–H groups in total. The van der Waals surface area contributed by atoms with Gasteiger partial charge in [-0.25, -0.2) is 4.68 Å². The van der Waals surface area contributed by atoms with Crippen molar-refractivity contribution in [3.05, 3.63) is 46.9 Å². The number of halogens is 3. The summed E-state index contributed by atoms with van der Waals surface area (Å²) in [6, 6.07) is 7.65. The van der Waals surface area contributed by atoms with E-state index in [0.29, 0.717) is 5.82 Å². The fraction of sp³-hybridized carbons (Fsp3) is 0.333. The topological polar surface area (TPSA) is 77.6 Å². The van der Waals surface area contributed by atoms with Gasteiger partial charge in [-0.1, -0.05) is 23.9 Å². The smallest absolute Gasteiger partial charge is 0.310 e. The number of alkyl halides is 3. The fourth-order valence-electron chi connectivity index (χ4n) is 2.72. The molecule has 0 aliphatic heterocycles. The quantitative estimate of drug-likeness (QED) is 0.633. The van der Waals surface area contributed by atoms with E-state index in [-0.39, 0.29) is 10.9 Å². The van der Waals surface area contributed by atoms with Crippen LogP contribution in [-0.4, -0.2) is 36.2 Å². The molecule has 0 saturated heterocycles. The van der Waals surface area contributed by atoms with Crippen LogP contribution in [0.4, 0.5) is 19.0 Å². The number of carbonyl (C=O) groups excluding carboxylic acids is 1. The van der Waals surface area contributed by atoms with Gasteiger partial charge in [0.25, 0.3) is 0 Å². The molecular formula is C18H19F3N6OS. The molecule has 154 valence electrons. The summed E-state index contributed by atoms with van der Waals surface area (Å²) in [6.45, 7) is 5.72. The van der Waals surface area contributed by atoms with Crippen LogP contribution in [0.3, 0.4) is 0 Å². The lowest BCUT2D eigenvalue weighted by Gasteiger charge is -2.12. The van der Waals surface area contributed by atoms with E-state index in [1.54, 1.807) is 10.7 Å². The SMILES string of the molecule is Cc1ccc(C)c(-n2nc(C)cc2NC(=O)CSc2nnc(C(F)(F)F)n2C)c1. The molecule has 11 heteroatoms. The van der Waals surface area contributed by atoms with E-state index in [4.69, 9.17) is 0 Å². The maximum Gasteiger partial charge on any atom is 0.451 e. The number of hydrogen-bond donors (Lipinski definition) is 1.